The maximum Gasteiger partial charge on any atom is 0.573 e. The van der Waals surface area contributed by atoms with Gasteiger partial charge in [0.05, 0.1) is 18.4 Å². The van der Waals surface area contributed by atoms with E-state index in [2.05, 4.69) is 20.0 Å². The molecule has 1 aliphatic rings. The van der Waals surface area contributed by atoms with Gasteiger partial charge >= 0.3 is 6.36 Å². The number of hydrogen-bond donors (Lipinski definition) is 3. The minimum absolute atomic E-state index is 0.0240. The van der Waals surface area contributed by atoms with Crippen molar-refractivity contribution in [3.8, 4) is 22.9 Å². The minimum Gasteiger partial charge on any atom is -0.474 e. The van der Waals surface area contributed by atoms with Gasteiger partial charge in [-0.2, -0.15) is 0 Å². The molecule has 5 N–H and O–H groups in total. The van der Waals surface area contributed by atoms with Gasteiger partial charge in [-0.1, -0.05) is 12.1 Å². The van der Waals surface area contributed by atoms with Gasteiger partial charge in [0.1, 0.15) is 17.4 Å². The normalized spacial score (nSPS) is 13.7. The second-order valence-corrected chi connectivity index (χ2v) is 10.7. The standard InChI is InChI=1S/C30H34F3N7O6/c31-30(32,33)46-22-5-3-19(4-6-22)14-27(43)40-12-8-21(9-13-40)45-29-23(28(35)44)15-20(16-37-29)24-17-39(18-38-24)11-1-2-26(42)36-10-7-25(34)41/h3-6,15-18,21H,1-2,7-14H2,(H2,34,41)(H2,35,44)(H,36,42). The molecule has 3 aromatic rings. The minimum atomic E-state index is -4.79. The Morgan fingerprint density at radius 3 is 2.39 bits per heavy atom. The van der Waals surface area contributed by atoms with Crippen molar-refractivity contribution in [2.75, 3.05) is 19.6 Å². The molecule has 0 saturated carbocycles. The Morgan fingerprint density at radius 2 is 1.74 bits per heavy atom. The van der Waals surface area contributed by atoms with Crippen LogP contribution in [0.25, 0.3) is 11.3 Å². The molecule has 1 fully saturated rings. The van der Waals surface area contributed by atoms with Crippen molar-refractivity contribution in [3.05, 3.63) is 60.2 Å². The van der Waals surface area contributed by atoms with Crippen molar-refractivity contribution in [2.45, 2.75) is 57.5 Å². The number of carbonyl (C=O) groups excluding carboxylic acids is 4. The molecule has 1 aliphatic heterocycles. The lowest BCUT2D eigenvalue weighted by Crippen LogP contribution is -2.42. The van der Waals surface area contributed by atoms with E-state index in [0.717, 1.165) is 12.1 Å². The zero-order valence-electron chi connectivity index (χ0n) is 24.8. The number of hydrogen-bond acceptors (Lipinski definition) is 8. The number of nitrogens with two attached hydrogens (primary N) is 2. The maximum absolute atomic E-state index is 12.8. The number of imidazole rings is 1. The molecule has 1 aromatic carbocycles. The molecule has 4 amide bonds. The van der Waals surface area contributed by atoms with Gasteiger partial charge in [0, 0.05) is 69.8 Å². The van der Waals surface area contributed by atoms with Gasteiger partial charge in [0.15, 0.2) is 0 Å². The predicted octanol–water partition coefficient (Wildman–Crippen LogP) is 2.33. The van der Waals surface area contributed by atoms with E-state index in [4.69, 9.17) is 16.2 Å². The zero-order valence-corrected chi connectivity index (χ0v) is 24.8. The first-order valence-corrected chi connectivity index (χ1v) is 14.5. The van der Waals surface area contributed by atoms with Crippen LogP contribution in [0, 0.1) is 0 Å². The number of carbonyl (C=O) groups is 4. The highest BCUT2D eigenvalue weighted by atomic mass is 19.4. The van der Waals surface area contributed by atoms with Crippen molar-refractivity contribution in [1.29, 1.82) is 0 Å². The highest BCUT2D eigenvalue weighted by molar-refractivity contribution is 5.96. The van der Waals surface area contributed by atoms with E-state index in [1.54, 1.807) is 28.1 Å². The molecule has 3 heterocycles. The van der Waals surface area contributed by atoms with Gasteiger partial charge in [0.25, 0.3) is 5.91 Å². The van der Waals surface area contributed by atoms with Gasteiger partial charge in [-0.15, -0.1) is 13.2 Å². The van der Waals surface area contributed by atoms with Crippen molar-refractivity contribution in [3.63, 3.8) is 0 Å². The van der Waals surface area contributed by atoms with E-state index in [1.165, 1.54) is 18.3 Å². The fourth-order valence-corrected chi connectivity index (χ4v) is 4.81. The van der Waals surface area contributed by atoms with Gasteiger partial charge in [0.2, 0.25) is 23.6 Å². The molecule has 4 rings (SSSR count). The van der Waals surface area contributed by atoms with Crippen molar-refractivity contribution < 1.29 is 41.8 Å². The molecular formula is C30H34F3N7O6. The zero-order chi connectivity index (χ0) is 33.3. The fourth-order valence-electron chi connectivity index (χ4n) is 4.81. The Balaban J connectivity index is 1.27. The van der Waals surface area contributed by atoms with E-state index in [-0.39, 0.29) is 60.9 Å². The van der Waals surface area contributed by atoms with E-state index in [1.807, 2.05) is 0 Å². The number of nitrogens with one attached hydrogen (secondary N) is 1. The fraction of sp³-hybridized carbons (Fsp3) is 0.400. The number of aryl methyl sites for hydroxylation is 1. The molecule has 2 aromatic heterocycles. The Hall–Kier alpha value is -5.15. The molecule has 0 aliphatic carbocycles. The summed E-state index contributed by atoms with van der Waals surface area (Å²) in [7, 11) is 0. The number of aromatic nitrogens is 3. The summed E-state index contributed by atoms with van der Waals surface area (Å²) in [4.78, 5) is 58.0. The number of halogens is 3. The highest BCUT2D eigenvalue weighted by Crippen LogP contribution is 2.27. The average molecular weight is 646 g/mol. The number of piperidine rings is 1. The summed E-state index contributed by atoms with van der Waals surface area (Å²) < 4.78 is 48.8. The van der Waals surface area contributed by atoms with Gasteiger partial charge in [-0.3, -0.25) is 19.2 Å². The summed E-state index contributed by atoms with van der Waals surface area (Å²) in [5, 5.41) is 2.63. The van der Waals surface area contributed by atoms with Crippen molar-refractivity contribution in [1.82, 2.24) is 24.8 Å². The lowest BCUT2D eigenvalue weighted by atomic mass is 10.1. The van der Waals surface area contributed by atoms with Gasteiger partial charge in [-0.25, -0.2) is 9.97 Å². The van der Waals surface area contributed by atoms with Crippen LogP contribution in [-0.2, 0) is 27.3 Å². The average Bonchev–Trinajstić information content (AvgIpc) is 3.46. The molecule has 0 radical (unpaired) electrons. The number of primary amides is 2. The first-order valence-electron chi connectivity index (χ1n) is 14.5. The van der Waals surface area contributed by atoms with Crippen molar-refractivity contribution in [2.24, 2.45) is 11.5 Å². The Kier molecular flexibility index (Phi) is 11.2. The SMILES string of the molecule is NC(=O)CCNC(=O)CCCn1cnc(-c2cnc(OC3CCN(C(=O)Cc4ccc(OC(F)(F)F)cc4)CC3)c(C(N)=O)c2)c1. The molecule has 246 valence electrons. The number of pyridine rings is 1. The number of alkyl halides is 3. The molecule has 0 bridgehead atoms. The number of ether oxygens (including phenoxy) is 2. The number of nitrogens with zero attached hydrogens (tertiary/aromatic N) is 4. The molecular weight excluding hydrogens is 611 g/mol. The molecule has 46 heavy (non-hydrogen) atoms. The second-order valence-electron chi connectivity index (χ2n) is 10.7. The van der Waals surface area contributed by atoms with E-state index in [0.29, 0.717) is 55.7 Å². The third-order valence-electron chi connectivity index (χ3n) is 7.14. The topological polar surface area (TPSA) is 185 Å². The Bertz CT molecular complexity index is 1540. The summed E-state index contributed by atoms with van der Waals surface area (Å²) in [5.41, 5.74) is 12.4. The predicted molar refractivity (Wildman–Crippen MR) is 157 cm³/mol. The second kappa shape index (κ2) is 15.2. The number of benzene rings is 1. The first kappa shape index (κ1) is 33.7. The third-order valence-corrected chi connectivity index (χ3v) is 7.14. The molecule has 0 unspecified atom stereocenters. The Morgan fingerprint density at radius 1 is 1.02 bits per heavy atom. The summed E-state index contributed by atoms with van der Waals surface area (Å²) >= 11 is 0. The highest BCUT2D eigenvalue weighted by Gasteiger charge is 2.31. The van der Waals surface area contributed by atoms with Crippen LogP contribution < -0.4 is 26.3 Å². The smallest absolute Gasteiger partial charge is 0.474 e. The summed E-state index contributed by atoms with van der Waals surface area (Å²) in [5.74, 6) is -1.86. The number of likely N-dealkylation sites (tertiary alicyclic amines) is 1. The van der Waals surface area contributed by atoms with Crippen LogP contribution in [0.2, 0.25) is 0 Å². The van der Waals surface area contributed by atoms with E-state index in [9.17, 15) is 32.3 Å². The van der Waals surface area contributed by atoms with E-state index < -0.39 is 18.2 Å². The van der Waals surface area contributed by atoms with Crippen LogP contribution in [0.3, 0.4) is 0 Å². The van der Waals surface area contributed by atoms with Gasteiger partial charge in [-0.05, 0) is 30.2 Å². The van der Waals surface area contributed by atoms with Crippen LogP contribution in [0.4, 0.5) is 13.2 Å². The molecule has 1 saturated heterocycles. The largest absolute Gasteiger partial charge is 0.573 e. The van der Waals surface area contributed by atoms with Gasteiger partial charge < -0.3 is 35.7 Å². The molecule has 0 spiro atoms. The lowest BCUT2D eigenvalue weighted by molar-refractivity contribution is -0.274. The Labute approximate surface area is 262 Å². The van der Waals surface area contributed by atoms with Crippen LogP contribution in [0.5, 0.6) is 11.6 Å². The lowest BCUT2D eigenvalue weighted by Gasteiger charge is -2.32. The van der Waals surface area contributed by atoms with Crippen molar-refractivity contribution >= 4 is 23.6 Å². The molecule has 0 atom stereocenters. The van der Waals surface area contributed by atoms with Crippen LogP contribution in [0.15, 0.2) is 49.1 Å². The number of amides is 4. The van der Waals surface area contributed by atoms with Crippen LogP contribution >= 0.6 is 0 Å². The van der Waals surface area contributed by atoms with Crippen LogP contribution in [0.1, 0.15) is 48.0 Å². The third kappa shape index (κ3) is 10.2. The molecule has 16 heteroatoms. The van der Waals surface area contributed by atoms with Crippen LogP contribution in [-0.4, -0.2) is 75.2 Å². The maximum atomic E-state index is 12.8. The molecule has 13 nitrogen and oxygen atoms in total. The first-order chi connectivity index (χ1) is 21.9. The monoisotopic (exact) mass is 645 g/mol. The summed E-state index contributed by atoms with van der Waals surface area (Å²) in [6, 6.07) is 6.71. The quantitative estimate of drug-likeness (QED) is 0.239. The summed E-state index contributed by atoms with van der Waals surface area (Å²) in [6.45, 7) is 1.48. The summed E-state index contributed by atoms with van der Waals surface area (Å²) in [6.07, 6.45) is 1.60. The number of rotatable bonds is 14. The van der Waals surface area contributed by atoms with E-state index >= 15 is 0 Å².